The highest BCUT2D eigenvalue weighted by Gasteiger charge is 2.11. The average Bonchev–Trinajstić information content (AvgIpc) is 2.24. The van der Waals surface area contributed by atoms with E-state index in [9.17, 15) is 4.79 Å². The van der Waals surface area contributed by atoms with Crippen LogP contribution in [0.1, 0.15) is 36.5 Å². The Morgan fingerprint density at radius 3 is 2.29 bits per heavy atom. The molecule has 1 rings (SSSR count). The molecular weight excluding hydrogens is 210 g/mol. The van der Waals surface area contributed by atoms with Crippen LogP contribution < -0.4 is 5.73 Å². The molecule has 2 N–H and O–H groups in total. The van der Waals surface area contributed by atoms with Crippen LogP contribution in [0.15, 0.2) is 18.2 Å². The summed E-state index contributed by atoms with van der Waals surface area (Å²) in [6.45, 7) is 6.82. The molecule has 0 radical (unpaired) electrons. The fraction of sp³-hybridized carbons (Fsp3) is 0.533. The van der Waals surface area contributed by atoms with Crippen LogP contribution in [-0.4, -0.2) is 12.3 Å². The van der Waals surface area contributed by atoms with Crippen molar-refractivity contribution in [2.75, 3.05) is 6.54 Å². The molecule has 0 saturated carbocycles. The third-order valence-electron chi connectivity index (χ3n) is 3.11. The van der Waals surface area contributed by atoms with Crippen molar-refractivity contribution in [3.63, 3.8) is 0 Å². The van der Waals surface area contributed by atoms with E-state index < -0.39 is 0 Å². The van der Waals surface area contributed by atoms with E-state index >= 15 is 0 Å². The smallest absolute Gasteiger partial charge is 0.137 e. The van der Waals surface area contributed by atoms with E-state index in [1.807, 2.05) is 0 Å². The Morgan fingerprint density at radius 1 is 1.24 bits per heavy atom. The van der Waals surface area contributed by atoms with E-state index in [0.29, 0.717) is 31.1 Å². The summed E-state index contributed by atoms with van der Waals surface area (Å²) in [4.78, 5) is 11.9. The van der Waals surface area contributed by atoms with Crippen molar-refractivity contribution in [1.82, 2.24) is 0 Å². The molecule has 0 aliphatic carbocycles. The minimum absolute atomic E-state index is 0.298. The SMILES string of the molecule is CCC(CN)CC(=O)Cc1cc(C)cc(C)c1. The van der Waals surface area contributed by atoms with E-state index in [1.165, 1.54) is 11.1 Å². The summed E-state index contributed by atoms with van der Waals surface area (Å²) < 4.78 is 0. The van der Waals surface area contributed by atoms with Crippen LogP contribution in [-0.2, 0) is 11.2 Å². The lowest BCUT2D eigenvalue weighted by molar-refractivity contribution is -0.119. The number of rotatable bonds is 6. The summed E-state index contributed by atoms with van der Waals surface area (Å²) in [5.41, 5.74) is 9.19. The summed E-state index contributed by atoms with van der Waals surface area (Å²) in [5, 5.41) is 0. The number of benzene rings is 1. The largest absolute Gasteiger partial charge is 0.330 e. The van der Waals surface area contributed by atoms with Gasteiger partial charge >= 0.3 is 0 Å². The molecule has 1 atom stereocenters. The lowest BCUT2D eigenvalue weighted by atomic mass is 9.95. The Kier molecular flexibility index (Phi) is 5.36. The summed E-state index contributed by atoms with van der Waals surface area (Å²) in [6.07, 6.45) is 2.13. The zero-order valence-corrected chi connectivity index (χ0v) is 11.1. The number of hydrogen-bond donors (Lipinski definition) is 1. The summed E-state index contributed by atoms with van der Waals surface area (Å²) in [7, 11) is 0. The van der Waals surface area contributed by atoms with Gasteiger partial charge in [-0.15, -0.1) is 0 Å². The fourth-order valence-electron chi connectivity index (χ4n) is 2.19. The molecule has 1 unspecified atom stereocenters. The first kappa shape index (κ1) is 13.9. The average molecular weight is 233 g/mol. The Balaban J connectivity index is 2.61. The Morgan fingerprint density at radius 2 is 1.82 bits per heavy atom. The van der Waals surface area contributed by atoms with E-state index in [-0.39, 0.29) is 0 Å². The molecule has 17 heavy (non-hydrogen) atoms. The molecule has 0 amide bonds. The first-order valence-corrected chi connectivity index (χ1v) is 6.34. The molecule has 94 valence electrons. The predicted octanol–water partition coefficient (Wildman–Crippen LogP) is 2.79. The summed E-state index contributed by atoms with van der Waals surface area (Å²) in [6, 6.07) is 6.31. The minimum Gasteiger partial charge on any atom is -0.330 e. The molecule has 0 bridgehead atoms. The van der Waals surface area contributed by atoms with Crippen molar-refractivity contribution in [3.05, 3.63) is 34.9 Å². The first-order valence-electron chi connectivity index (χ1n) is 6.34. The van der Waals surface area contributed by atoms with Gasteiger partial charge < -0.3 is 5.73 Å². The topological polar surface area (TPSA) is 43.1 Å². The second-order valence-electron chi connectivity index (χ2n) is 4.93. The van der Waals surface area contributed by atoms with Gasteiger partial charge in [0.15, 0.2) is 0 Å². The van der Waals surface area contributed by atoms with Gasteiger partial charge in [-0.2, -0.15) is 0 Å². The lowest BCUT2D eigenvalue weighted by Gasteiger charge is -2.11. The Hall–Kier alpha value is -1.15. The molecule has 0 aliphatic heterocycles. The van der Waals surface area contributed by atoms with Crippen LogP contribution in [0, 0.1) is 19.8 Å². The summed E-state index contributed by atoms with van der Waals surface area (Å²) in [5.74, 6) is 0.640. The van der Waals surface area contributed by atoms with Crippen molar-refractivity contribution in [3.8, 4) is 0 Å². The monoisotopic (exact) mass is 233 g/mol. The standard InChI is InChI=1S/C15H23NO/c1-4-13(10-16)8-15(17)9-14-6-11(2)5-12(3)7-14/h5-7,13H,4,8-10,16H2,1-3H3. The van der Waals surface area contributed by atoms with E-state index in [0.717, 1.165) is 12.0 Å². The van der Waals surface area contributed by atoms with E-state index in [2.05, 4.69) is 39.0 Å². The van der Waals surface area contributed by atoms with Crippen LogP contribution in [0.25, 0.3) is 0 Å². The van der Waals surface area contributed by atoms with Gasteiger partial charge in [-0.25, -0.2) is 0 Å². The normalized spacial score (nSPS) is 12.5. The van der Waals surface area contributed by atoms with Gasteiger partial charge in [-0.1, -0.05) is 42.7 Å². The fourth-order valence-corrected chi connectivity index (χ4v) is 2.19. The third kappa shape index (κ3) is 4.70. The van der Waals surface area contributed by atoms with Gasteiger partial charge in [-0.3, -0.25) is 4.79 Å². The number of aryl methyl sites for hydroxylation is 2. The lowest BCUT2D eigenvalue weighted by Crippen LogP contribution is -2.18. The highest BCUT2D eigenvalue weighted by atomic mass is 16.1. The van der Waals surface area contributed by atoms with Gasteiger partial charge in [0.25, 0.3) is 0 Å². The van der Waals surface area contributed by atoms with Crippen molar-refractivity contribution in [1.29, 1.82) is 0 Å². The second-order valence-corrected chi connectivity index (χ2v) is 4.93. The van der Waals surface area contributed by atoms with Crippen molar-refractivity contribution >= 4 is 5.78 Å². The molecule has 0 heterocycles. The maximum atomic E-state index is 11.9. The number of Topliss-reactive ketones (excluding diaryl/α,β-unsaturated/α-hetero) is 1. The summed E-state index contributed by atoms with van der Waals surface area (Å²) >= 11 is 0. The number of ketones is 1. The zero-order valence-electron chi connectivity index (χ0n) is 11.1. The molecule has 0 fully saturated rings. The molecule has 0 saturated heterocycles. The maximum Gasteiger partial charge on any atom is 0.137 e. The zero-order chi connectivity index (χ0) is 12.8. The van der Waals surface area contributed by atoms with Gasteiger partial charge in [0.1, 0.15) is 5.78 Å². The maximum absolute atomic E-state index is 11.9. The van der Waals surface area contributed by atoms with Crippen LogP contribution in [0.4, 0.5) is 0 Å². The van der Waals surface area contributed by atoms with E-state index in [4.69, 9.17) is 5.73 Å². The molecule has 0 aliphatic rings. The molecule has 2 heteroatoms. The number of nitrogens with two attached hydrogens (primary N) is 1. The molecule has 2 nitrogen and oxygen atoms in total. The second kappa shape index (κ2) is 6.55. The van der Waals surface area contributed by atoms with Crippen molar-refractivity contribution < 1.29 is 4.79 Å². The third-order valence-corrected chi connectivity index (χ3v) is 3.11. The van der Waals surface area contributed by atoms with Gasteiger partial charge in [0.05, 0.1) is 0 Å². The molecule has 1 aromatic rings. The van der Waals surface area contributed by atoms with Gasteiger partial charge in [0, 0.05) is 12.8 Å². The Bertz CT molecular complexity index is 360. The quantitative estimate of drug-likeness (QED) is 0.821. The van der Waals surface area contributed by atoms with Crippen LogP contribution in [0.5, 0.6) is 0 Å². The Labute approximate surface area is 104 Å². The molecule has 0 spiro atoms. The molecule has 0 aromatic heterocycles. The highest BCUT2D eigenvalue weighted by molar-refractivity contribution is 5.81. The van der Waals surface area contributed by atoms with Crippen LogP contribution >= 0.6 is 0 Å². The number of carbonyl (C=O) groups excluding carboxylic acids is 1. The van der Waals surface area contributed by atoms with Crippen LogP contribution in [0.2, 0.25) is 0 Å². The predicted molar refractivity (Wildman–Crippen MR) is 72.1 cm³/mol. The van der Waals surface area contributed by atoms with Crippen LogP contribution in [0.3, 0.4) is 0 Å². The van der Waals surface area contributed by atoms with Gasteiger partial charge in [0.2, 0.25) is 0 Å². The first-order chi connectivity index (χ1) is 8.05. The number of carbonyl (C=O) groups is 1. The molecular formula is C15H23NO. The number of hydrogen-bond acceptors (Lipinski definition) is 2. The highest BCUT2D eigenvalue weighted by Crippen LogP contribution is 2.13. The van der Waals surface area contributed by atoms with Crippen molar-refractivity contribution in [2.24, 2.45) is 11.7 Å². The molecule has 1 aromatic carbocycles. The minimum atomic E-state index is 0.298. The van der Waals surface area contributed by atoms with E-state index in [1.54, 1.807) is 0 Å². The van der Waals surface area contributed by atoms with Crippen molar-refractivity contribution in [2.45, 2.75) is 40.0 Å². The van der Waals surface area contributed by atoms with Gasteiger partial charge in [-0.05, 0) is 31.9 Å².